The van der Waals surface area contributed by atoms with Gasteiger partial charge in [-0.3, -0.25) is 19.7 Å². The Morgan fingerprint density at radius 3 is 2.50 bits per heavy atom. The van der Waals surface area contributed by atoms with Crippen molar-refractivity contribution in [2.75, 3.05) is 6.61 Å². The number of non-ortho nitro benzene ring substituents is 1. The van der Waals surface area contributed by atoms with Crippen molar-refractivity contribution in [2.24, 2.45) is 0 Å². The molecule has 0 saturated carbocycles. The van der Waals surface area contributed by atoms with Crippen molar-refractivity contribution in [2.45, 2.75) is 19.4 Å². The van der Waals surface area contributed by atoms with Crippen LogP contribution in [-0.2, 0) is 9.53 Å². The molecule has 1 unspecified atom stereocenters. The number of carbonyl (C=O) groups is 2. The molecule has 1 atom stereocenters. The van der Waals surface area contributed by atoms with Gasteiger partial charge in [-0.1, -0.05) is 30.3 Å². The minimum Gasteiger partial charge on any atom is -0.466 e. The predicted octanol–water partition coefficient (Wildman–Crippen LogP) is 3.62. The van der Waals surface area contributed by atoms with Gasteiger partial charge in [0.25, 0.3) is 11.6 Å². The van der Waals surface area contributed by atoms with Crippen LogP contribution >= 0.6 is 22.6 Å². The van der Waals surface area contributed by atoms with Crippen LogP contribution in [0.4, 0.5) is 5.69 Å². The summed E-state index contributed by atoms with van der Waals surface area (Å²) in [5, 5.41) is 13.6. The van der Waals surface area contributed by atoms with Crippen molar-refractivity contribution >= 4 is 40.2 Å². The number of amides is 1. The molecule has 7 nitrogen and oxygen atoms in total. The molecule has 0 heterocycles. The van der Waals surface area contributed by atoms with E-state index in [1.807, 2.05) is 52.9 Å². The fourth-order valence-electron chi connectivity index (χ4n) is 2.36. The summed E-state index contributed by atoms with van der Waals surface area (Å²) < 4.78 is 5.44. The predicted molar refractivity (Wildman–Crippen MR) is 104 cm³/mol. The Kier molecular flexibility index (Phi) is 7.07. The van der Waals surface area contributed by atoms with Gasteiger partial charge < -0.3 is 10.1 Å². The van der Waals surface area contributed by atoms with Crippen LogP contribution in [0.3, 0.4) is 0 Å². The third-order valence-corrected chi connectivity index (χ3v) is 4.48. The molecule has 0 spiro atoms. The Morgan fingerprint density at radius 1 is 1.23 bits per heavy atom. The maximum absolute atomic E-state index is 12.6. The van der Waals surface area contributed by atoms with E-state index in [0.717, 1.165) is 5.56 Å². The van der Waals surface area contributed by atoms with Gasteiger partial charge in [0.15, 0.2) is 0 Å². The number of nitro groups is 1. The summed E-state index contributed by atoms with van der Waals surface area (Å²) in [5.74, 6) is -0.831. The highest BCUT2D eigenvalue weighted by Gasteiger charge is 2.22. The van der Waals surface area contributed by atoms with E-state index in [4.69, 9.17) is 4.74 Å². The molecule has 26 heavy (non-hydrogen) atoms. The first-order chi connectivity index (χ1) is 12.4. The van der Waals surface area contributed by atoms with Crippen LogP contribution in [0.1, 0.15) is 35.3 Å². The number of hydrogen-bond acceptors (Lipinski definition) is 5. The van der Waals surface area contributed by atoms with Crippen molar-refractivity contribution < 1.29 is 19.2 Å². The lowest BCUT2D eigenvalue weighted by molar-refractivity contribution is -0.384. The van der Waals surface area contributed by atoms with Crippen molar-refractivity contribution in [3.8, 4) is 0 Å². The Balaban J connectivity index is 2.23. The van der Waals surface area contributed by atoms with Crippen LogP contribution in [0.5, 0.6) is 0 Å². The molecule has 0 aliphatic carbocycles. The highest BCUT2D eigenvalue weighted by molar-refractivity contribution is 14.1. The van der Waals surface area contributed by atoms with Gasteiger partial charge in [0.2, 0.25) is 0 Å². The van der Waals surface area contributed by atoms with Crippen LogP contribution in [0, 0.1) is 13.7 Å². The number of hydrogen-bond donors (Lipinski definition) is 1. The van der Waals surface area contributed by atoms with Crippen LogP contribution in [0.25, 0.3) is 0 Å². The quantitative estimate of drug-likeness (QED) is 0.290. The lowest BCUT2D eigenvalue weighted by Crippen LogP contribution is -2.31. The first-order valence-electron chi connectivity index (χ1n) is 7.87. The second-order valence-corrected chi connectivity index (χ2v) is 6.53. The summed E-state index contributed by atoms with van der Waals surface area (Å²) in [5.41, 5.74) is 0.990. The smallest absolute Gasteiger partial charge is 0.308 e. The Bertz CT molecular complexity index is 810. The first-order valence-corrected chi connectivity index (χ1v) is 8.95. The zero-order valence-electron chi connectivity index (χ0n) is 14.0. The van der Waals surface area contributed by atoms with Gasteiger partial charge in [-0.2, -0.15) is 0 Å². The highest BCUT2D eigenvalue weighted by atomic mass is 127. The van der Waals surface area contributed by atoms with Gasteiger partial charge >= 0.3 is 5.97 Å². The molecule has 2 aromatic rings. The van der Waals surface area contributed by atoms with Crippen molar-refractivity contribution in [1.29, 1.82) is 0 Å². The minimum atomic E-state index is -0.561. The molecule has 0 fully saturated rings. The van der Waals surface area contributed by atoms with Gasteiger partial charge in [0.05, 0.1) is 29.6 Å². The molecule has 1 N–H and O–H groups in total. The zero-order valence-corrected chi connectivity index (χ0v) is 16.1. The average molecular weight is 468 g/mol. The van der Waals surface area contributed by atoms with Gasteiger partial charge in [-0.05, 0) is 41.1 Å². The molecule has 0 radical (unpaired) electrons. The molecular weight excluding hydrogens is 451 g/mol. The normalized spacial score (nSPS) is 11.5. The van der Waals surface area contributed by atoms with Gasteiger partial charge in [0, 0.05) is 15.7 Å². The number of rotatable bonds is 7. The second kappa shape index (κ2) is 9.27. The maximum atomic E-state index is 12.6. The minimum absolute atomic E-state index is 0.00679. The van der Waals surface area contributed by atoms with Crippen LogP contribution in [0.2, 0.25) is 0 Å². The van der Waals surface area contributed by atoms with E-state index < -0.39 is 22.8 Å². The van der Waals surface area contributed by atoms with E-state index in [1.165, 1.54) is 18.2 Å². The number of nitrogens with zero attached hydrogens (tertiary/aromatic N) is 1. The summed E-state index contributed by atoms with van der Waals surface area (Å²) in [4.78, 5) is 34.8. The van der Waals surface area contributed by atoms with Crippen molar-refractivity contribution in [1.82, 2.24) is 5.32 Å². The fourth-order valence-corrected chi connectivity index (χ4v) is 3.11. The standard InChI is InChI=1S/C18H17IN2O5/c1-2-26-17(22)11-16(12-6-4-3-5-7-12)20-18(23)14-9-8-13(21(24)25)10-15(14)19/h3-10,16H,2,11H2,1H3,(H,20,23). The first kappa shape index (κ1) is 19.8. The maximum Gasteiger partial charge on any atom is 0.308 e. The van der Waals surface area contributed by atoms with Crippen LogP contribution in [0.15, 0.2) is 48.5 Å². The molecule has 0 saturated heterocycles. The molecule has 0 aromatic heterocycles. The monoisotopic (exact) mass is 468 g/mol. The molecule has 0 bridgehead atoms. The number of nitrogens with one attached hydrogen (secondary N) is 1. The van der Waals surface area contributed by atoms with E-state index in [1.54, 1.807) is 6.92 Å². The zero-order chi connectivity index (χ0) is 19.1. The number of halogens is 1. The molecule has 1 amide bonds. The number of benzene rings is 2. The summed E-state index contributed by atoms with van der Waals surface area (Å²) in [6, 6.07) is 12.5. The molecule has 2 rings (SSSR count). The van der Waals surface area contributed by atoms with E-state index >= 15 is 0 Å². The highest BCUT2D eigenvalue weighted by Crippen LogP contribution is 2.22. The summed E-state index contributed by atoms with van der Waals surface area (Å²) in [6.45, 7) is 1.97. The molecule has 8 heteroatoms. The number of ether oxygens (including phenoxy) is 1. The van der Waals surface area contributed by atoms with Gasteiger partial charge in [-0.15, -0.1) is 0 Å². The lowest BCUT2D eigenvalue weighted by atomic mass is 10.0. The van der Waals surface area contributed by atoms with Crippen LogP contribution < -0.4 is 5.32 Å². The second-order valence-electron chi connectivity index (χ2n) is 5.37. The van der Waals surface area contributed by atoms with Gasteiger partial charge in [0.1, 0.15) is 0 Å². The topological polar surface area (TPSA) is 98.5 Å². The largest absolute Gasteiger partial charge is 0.466 e. The SMILES string of the molecule is CCOC(=O)CC(NC(=O)c1ccc([N+](=O)[O-])cc1I)c1ccccc1. The molecule has 0 aliphatic rings. The molecule has 2 aromatic carbocycles. The molecule has 136 valence electrons. The summed E-state index contributed by atoms with van der Waals surface area (Å²) in [7, 11) is 0. The van der Waals surface area contributed by atoms with Crippen molar-refractivity contribution in [3.63, 3.8) is 0 Å². The molecular formula is C18H17IN2O5. The van der Waals surface area contributed by atoms with E-state index in [0.29, 0.717) is 9.13 Å². The number of esters is 1. The third-order valence-electron chi connectivity index (χ3n) is 3.59. The van der Waals surface area contributed by atoms with E-state index in [9.17, 15) is 19.7 Å². The molecule has 0 aliphatic heterocycles. The van der Waals surface area contributed by atoms with E-state index in [-0.39, 0.29) is 18.7 Å². The Morgan fingerprint density at radius 2 is 1.92 bits per heavy atom. The van der Waals surface area contributed by atoms with E-state index in [2.05, 4.69) is 5.32 Å². The number of nitro benzene ring substituents is 1. The Labute approximate surface area is 164 Å². The Hall–Kier alpha value is -2.49. The van der Waals surface area contributed by atoms with Gasteiger partial charge in [-0.25, -0.2) is 0 Å². The van der Waals surface area contributed by atoms with Crippen LogP contribution in [-0.4, -0.2) is 23.4 Å². The lowest BCUT2D eigenvalue weighted by Gasteiger charge is -2.19. The summed E-state index contributed by atoms with van der Waals surface area (Å²) >= 11 is 1.88. The summed E-state index contributed by atoms with van der Waals surface area (Å²) in [6.07, 6.45) is -0.00679. The average Bonchev–Trinajstić information content (AvgIpc) is 2.61. The third kappa shape index (κ3) is 5.25. The fraction of sp³-hybridized carbons (Fsp3) is 0.222. The van der Waals surface area contributed by atoms with Crippen molar-refractivity contribution in [3.05, 3.63) is 73.3 Å². The number of carbonyl (C=O) groups excluding carboxylic acids is 2.